The van der Waals surface area contributed by atoms with Crippen LogP contribution in [0.4, 0.5) is 11.5 Å². The van der Waals surface area contributed by atoms with E-state index in [1.807, 2.05) is 36.2 Å². The van der Waals surface area contributed by atoms with Gasteiger partial charge in [-0.05, 0) is 49.7 Å². The second-order valence-corrected chi connectivity index (χ2v) is 10.1. The fourth-order valence-corrected chi connectivity index (χ4v) is 4.64. The zero-order valence-corrected chi connectivity index (χ0v) is 22.1. The highest BCUT2D eigenvalue weighted by Gasteiger charge is 2.23. The minimum atomic E-state index is 0.0146. The maximum atomic E-state index is 12.6. The lowest BCUT2D eigenvalue weighted by Gasteiger charge is -2.30. The van der Waals surface area contributed by atoms with Gasteiger partial charge in [0.15, 0.2) is 0 Å². The van der Waals surface area contributed by atoms with Crippen LogP contribution in [-0.2, 0) is 16.0 Å². The summed E-state index contributed by atoms with van der Waals surface area (Å²) in [7, 11) is 1.87. The number of rotatable bonds is 12. The maximum absolute atomic E-state index is 12.6. The van der Waals surface area contributed by atoms with Crippen LogP contribution >= 0.6 is 0 Å². The van der Waals surface area contributed by atoms with Crippen LogP contribution in [0.15, 0.2) is 60.9 Å². The van der Waals surface area contributed by atoms with Gasteiger partial charge < -0.3 is 25.0 Å². The van der Waals surface area contributed by atoms with Crippen LogP contribution in [0.1, 0.15) is 31.2 Å². The molecule has 1 aliphatic heterocycles. The quantitative estimate of drug-likeness (QED) is 0.339. The number of carbonyl (C=O) groups excluding carboxylic acids is 1. The molecule has 1 saturated carbocycles. The van der Waals surface area contributed by atoms with Crippen molar-refractivity contribution in [2.24, 2.45) is 5.92 Å². The van der Waals surface area contributed by atoms with Gasteiger partial charge in [-0.15, -0.1) is 0 Å². The number of hydrogen-bond acceptors (Lipinski definition) is 7. The molecule has 0 unspecified atom stereocenters. The normalized spacial score (nSPS) is 16.0. The minimum absolute atomic E-state index is 0.0146. The largest absolute Gasteiger partial charge is 0.491 e. The van der Waals surface area contributed by atoms with Crippen LogP contribution in [0, 0.1) is 5.92 Å². The first kappa shape index (κ1) is 26.0. The molecule has 0 atom stereocenters. The number of likely N-dealkylation sites (N-methyl/N-ethyl adjacent to an activating group) is 1. The molecule has 5 rings (SSSR count). The van der Waals surface area contributed by atoms with Crippen LogP contribution in [0.3, 0.4) is 0 Å². The highest BCUT2D eigenvalue weighted by atomic mass is 16.5. The highest BCUT2D eigenvalue weighted by molar-refractivity contribution is 5.93. The topological polar surface area (TPSA) is 88.6 Å². The van der Waals surface area contributed by atoms with Gasteiger partial charge in [-0.3, -0.25) is 4.79 Å². The summed E-state index contributed by atoms with van der Waals surface area (Å²) in [6, 6.07) is 14.7. The molecule has 1 amide bonds. The van der Waals surface area contributed by atoms with Crippen LogP contribution in [0.2, 0.25) is 0 Å². The number of fused-ring (bicyclic) bond motifs is 1. The first-order valence-corrected chi connectivity index (χ1v) is 13.6. The molecule has 1 saturated heterocycles. The number of nitrogens with zero attached hydrogens (tertiary/aromatic N) is 3. The molecule has 0 bridgehead atoms. The minimum Gasteiger partial charge on any atom is -0.491 e. The van der Waals surface area contributed by atoms with E-state index in [2.05, 4.69) is 44.9 Å². The summed E-state index contributed by atoms with van der Waals surface area (Å²) >= 11 is 0. The summed E-state index contributed by atoms with van der Waals surface area (Å²) in [5.41, 5.74) is 2.98. The SMILES string of the molecule is CN(C(=O)C=CCNc1cc2c(NCCc3ccccc3)ncnc2cc1OCC1CC1)C1CCOCC1. The fourth-order valence-electron chi connectivity index (χ4n) is 4.64. The van der Waals surface area contributed by atoms with Gasteiger partial charge in [0.1, 0.15) is 17.9 Å². The standard InChI is InChI=1S/C30H37N5O3/c1-35(24-12-16-37-17-13-24)29(36)8-5-14-31-27-18-25-26(19-28(27)38-20-23-9-10-23)33-21-34-30(25)32-15-11-22-6-3-2-4-7-22/h2-8,18-19,21,23-24,31H,9-17,20H2,1H3,(H,32,33,34). The Morgan fingerprint density at radius 1 is 1.11 bits per heavy atom. The summed E-state index contributed by atoms with van der Waals surface area (Å²) < 4.78 is 11.6. The van der Waals surface area contributed by atoms with Crippen LogP contribution in [0.5, 0.6) is 5.75 Å². The predicted molar refractivity (Wildman–Crippen MR) is 151 cm³/mol. The smallest absolute Gasteiger partial charge is 0.246 e. The van der Waals surface area contributed by atoms with Gasteiger partial charge in [0.25, 0.3) is 0 Å². The third-order valence-electron chi connectivity index (χ3n) is 7.21. The lowest BCUT2D eigenvalue weighted by Crippen LogP contribution is -2.39. The summed E-state index contributed by atoms with van der Waals surface area (Å²) in [6.45, 7) is 3.41. The Labute approximate surface area is 224 Å². The lowest BCUT2D eigenvalue weighted by molar-refractivity contribution is -0.128. The number of aromatic nitrogens is 2. The second-order valence-electron chi connectivity index (χ2n) is 10.1. The maximum Gasteiger partial charge on any atom is 0.246 e. The zero-order valence-electron chi connectivity index (χ0n) is 22.1. The van der Waals surface area contributed by atoms with Crippen molar-refractivity contribution >= 4 is 28.3 Å². The zero-order chi connectivity index (χ0) is 26.2. The molecular formula is C30H37N5O3. The van der Waals surface area contributed by atoms with Crippen molar-refractivity contribution in [3.8, 4) is 5.75 Å². The molecule has 2 heterocycles. The molecule has 2 aliphatic rings. The monoisotopic (exact) mass is 515 g/mol. The van der Waals surface area contributed by atoms with Crippen LogP contribution < -0.4 is 15.4 Å². The van der Waals surface area contributed by atoms with Gasteiger partial charge in [-0.2, -0.15) is 0 Å². The van der Waals surface area contributed by atoms with Crippen molar-refractivity contribution in [2.45, 2.75) is 38.1 Å². The lowest BCUT2D eigenvalue weighted by atomic mass is 10.1. The molecule has 38 heavy (non-hydrogen) atoms. The van der Waals surface area contributed by atoms with Gasteiger partial charge in [0, 0.05) is 56.9 Å². The summed E-state index contributed by atoms with van der Waals surface area (Å²) in [5, 5.41) is 7.85. The molecule has 8 heteroatoms. The average Bonchev–Trinajstić information content (AvgIpc) is 3.79. The highest BCUT2D eigenvalue weighted by Crippen LogP contribution is 2.35. The Morgan fingerprint density at radius 3 is 2.71 bits per heavy atom. The molecule has 8 nitrogen and oxygen atoms in total. The van der Waals surface area contributed by atoms with E-state index in [1.165, 1.54) is 18.4 Å². The van der Waals surface area contributed by atoms with E-state index >= 15 is 0 Å². The van der Waals surface area contributed by atoms with Crippen molar-refractivity contribution < 1.29 is 14.3 Å². The van der Waals surface area contributed by atoms with Crippen molar-refractivity contribution in [3.63, 3.8) is 0 Å². The van der Waals surface area contributed by atoms with E-state index in [1.54, 1.807) is 12.4 Å². The molecule has 0 spiro atoms. The van der Waals surface area contributed by atoms with Gasteiger partial charge in [0.05, 0.1) is 17.8 Å². The number of benzene rings is 2. The molecular weight excluding hydrogens is 478 g/mol. The van der Waals surface area contributed by atoms with E-state index in [9.17, 15) is 4.79 Å². The van der Waals surface area contributed by atoms with E-state index in [0.717, 1.165) is 54.0 Å². The van der Waals surface area contributed by atoms with E-state index in [4.69, 9.17) is 9.47 Å². The van der Waals surface area contributed by atoms with Gasteiger partial charge in [0.2, 0.25) is 5.91 Å². The molecule has 1 aliphatic carbocycles. The van der Waals surface area contributed by atoms with Crippen LogP contribution in [-0.4, -0.2) is 66.8 Å². The number of hydrogen-bond donors (Lipinski definition) is 2. The molecule has 1 aromatic heterocycles. The third kappa shape index (κ3) is 7.01. The Kier molecular flexibility index (Phi) is 8.71. The predicted octanol–water partition coefficient (Wildman–Crippen LogP) is 4.68. The summed E-state index contributed by atoms with van der Waals surface area (Å²) in [5.74, 6) is 2.22. The van der Waals surface area contributed by atoms with E-state index < -0.39 is 0 Å². The number of nitrogens with one attached hydrogen (secondary N) is 2. The van der Waals surface area contributed by atoms with Crippen molar-refractivity contribution in [2.75, 3.05) is 50.6 Å². The van der Waals surface area contributed by atoms with Gasteiger partial charge in [-0.1, -0.05) is 36.4 Å². The Morgan fingerprint density at radius 2 is 1.92 bits per heavy atom. The van der Waals surface area contributed by atoms with Crippen LogP contribution in [0.25, 0.3) is 10.9 Å². The van der Waals surface area contributed by atoms with Gasteiger partial charge >= 0.3 is 0 Å². The average molecular weight is 516 g/mol. The molecule has 2 N–H and O–H groups in total. The summed E-state index contributed by atoms with van der Waals surface area (Å²) in [4.78, 5) is 23.5. The fraction of sp³-hybridized carbons (Fsp3) is 0.433. The van der Waals surface area contributed by atoms with E-state index in [-0.39, 0.29) is 11.9 Å². The summed E-state index contributed by atoms with van der Waals surface area (Å²) in [6.07, 6.45) is 10.2. The first-order chi connectivity index (χ1) is 18.7. The number of carbonyl (C=O) groups is 1. The molecule has 200 valence electrons. The van der Waals surface area contributed by atoms with E-state index in [0.29, 0.717) is 32.3 Å². The second kappa shape index (κ2) is 12.7. The number of ether oxygens (including phenoxy) is 2. The molecule has 2 fully saturated rings. The molecule has 3 aromatic rings. The third-order valence-corrected chi connectivity index (χ3v) is 7.21. The van der Waals surface area contributed by atoms with Crippen molar-refractivity contribution in [1.29, 1.82) is 0 Å². The molecule has 2 aromatic carbocycles. The first-order valence-electron chi connectivity index (χ1n) is 13.6. The number of amides is 1. The van der Waals surface area contributed by atoms with Crippen molar-refractivity contribution in [3.05, 3.63) is 66.5 Å². The van der Waals surface area contributed by atoms with Crippen molar-refractivity contribution in [1.82, 2.24) is 14.9 Å². The Hall–Kier alpha value is -3.65. The Bertz CT molecular complexity index is 1240. The molecule has 0 radical (unpaired) electrons. The Balaban J connectivity index is 1.26. The van der Waals surface area contributed by atoms with Gasteiger partial charge in [-0.25, -0.2) is 9.97 Å². The number of anilines is 2.